The first-order chi connectivity index (χ1) is 6.77. The van der Waals surface area contributed by atoms with Gasteiger partial charge in [-0.1, -0.05) is 24.8 Å². The van der Waals surface area contributed by atoms with E-state index in [1.807, 2.05) is 18.2 Å². The van der Waals surface area contributed by atoms with Crippen LogP contribution in [0.4, 0.5) is 0 Å². The van der Waals surface area contributed by atoms with E-state index >= 15 is 0 Å². The summed E-state index contributed by atoms with van der Waals surface area (Å²) in [4.78, 5) is 0. The van der Waals surface area contributed by atoms with E-state index in [1.165, 1.54) is 0 Å². The Labute approximate surface area is 83.8 Å². The Bertz CT molecular complexity index is 299. The zero-order valence-electron chi connectivity index (χ0n) is 8.02. The van der Waals surface area contributed by atoms with Crippen molar-refractivity contribution in [2.24, 2.45) is 5.73 Å². The first-order valence-corrected chi connectivity index (χ1v) is 4.49. The van der Waals surface area contributed by atoms with E-state index in [9.17, 15) is 5.11 Å². The molecular formula is C11H15NO2. The van der Waals surface area contributed by atoms with E-state index in [0.717, 1.165) is 11.3 Å². The number of aliphatic hydroxyl groups is 1. The lowest BCUT2D eigenvalue weighted by Gasteiger charge is -2.09. The van der Waals surface area contributed by atoms with Gasteiger partial charge in [0, 0.05) is 6.54 Å². The van der Waals surface area contributed by atoms with Crippen molar-refractivity contribution >= 4 is 0 Å². The summed E-state index contributed by atoms with van der Waals surface area (Å²) >= 11 is 0. The van der Waals surface area contributed by atoms with Crippen molar-refractivity contribution in [1.82, 2.24) is 0 Å². The van der Waals surface area contributed by atoms with Gasteiger partial charge in [-0.05, 0) is 17.7 Å². The molecule has 3 N–H and O–H groups in total. The fraction of sp³-hybridized carbons (Fsp3) is 0.273. The molecule has 1 rings (SSSR count). The molecule has 0 aliphatic heterocycles. The minimum Gasteiger partial charge on any atom is -0.490 e. The predicted molar refractivity (Wildman–Crippen MR) is 56.1 cm³/mol. The van der Waals surface area contributed by atoms with E-state index in [2.05, 4.69) is 6.58 Å². The molecule has 0 bridgehead atoms. The number of benzene rings is 1. The largest absolute Gasteiger partial charge is 0.490 e. The molecule has 1 aromatic rings. The minimum absolute atomic E-state index is 0.213. The van der Waals surface area contributed by atoms with Crippen LogP contribution in [0.3, 0.4) is 0 Å². The molecule has 76 valence electrons. The Hall–Kier alpha value is -1.32. The number of hydrogen-bond donors (Lipinski definition) is 2. The average molecular weight is 193 g/mol. The van der Waals surface area contributed by atoms with Crippen LogP contribution in [0.1, 0.15) is 11.7 Å². The molecule has 0 heterocycles. The highest BCUT2D eigenvalue weighted by Gasteiger charge is 2.05. The second-order valence-electron chi connectivity index (χ2n) is 2.92. The van der Waals surface area contributed by atoms with Crippen molar-refractivity contribution in [2.75, 3.05) is 13.2 Å². The summed E-state index contributed by atoms with van der Waals surface area (Å²) < 4.78 is 5.32. The zero-order valence-corrected chi connectivity index (χ0v) is 8.02. The summed E-state index contributed by atoms with van der Waals surface area (Å²) in [7, 11) is 0. The van der Waals surface area contributed by atoms with Gasteiger partial charge in [0.15, 0.2) is 0 Å². The molecule has 0 aliphatic carbocycles. The number of hydrogen-bond acceptors (Lipinski definition) is 3. The van der Waals surface area contributed by atoms with Crippen LogP contribution in [-0.4, -0.2) is 18.3 Å². The Balaban J connectivity index is 2.73. The van der Waals surface area contributed by atoms with Gasteiger partial charge in [-0.2, -0.15) is 0 Å². The Morgan fingerprint density at radius 1 is 1.57 bits per heavy atom. The standard InChI is InChI=1S/C11H15NO2/c1-2-6-14-10-5-3-4-9(7-10)11(13)8-12/h2-5,7,11,13H,1,6,8,12H2/t11-/m0/s1. The van der Waals surface area contributed by atoms with Crippen LogP contribution >= 0.6 is 0 Å². The predicted octanol–water partition coefficient (Wildman–Crippen LogP) is 1.24. The highest BCUT2D eigenvalue weighted by Crippen LogP contribution is 2.18. The highest BCUT2D eigenvalue weighted by atomic mass is 16.5. The summed E-state index contributed by atoms with van der Waals surface area (Å²) in [6.07, 6.45) is 1.05. The van der Waals surface area contributed by atoms with Crippen LogP contribution in [0.2, 0.25) is 0 Å². The first-order valence-electron chi connectivity index (χ1n) is 4.49. The number of aliphatic hydroxyl groups excluding tert-OH is 1. The van der Waals surface area contributed by atoms with Crippen LogP contribution in [-0.2, 0) is 0 Å². The highest BCUT2D eigenvalue weighted by molar-refractivity contribution is 5.30. The third-order valence-corrected chi connectivity index (χ3v) is 1.83. The van der Waals surface area contributed by atoms with Crippen LogP contribution in [0, 0.1) is 0 Å². The van der Waals surface area contributed by atoms with Gasteiger partial charge in [0.25, 0.3) is 0 Å². The van der Waals surface area contributed by atoms with Gasteiger partial charge in [-0.25, -0.2) is 0 Å². The first kappa shape index (κ1) is 10.8. The van der Waals surface area contributed by atoms with E-state index in [1.54, 1.807) is 12.1 Å². The van der Waals surface area contributed by atoms with Crippen molar-refractivity contribution in [3.8, 4) is 5.75 Å². The van der Waals surface area contributed by atoms with E-state index in [4.69, 9.17) is 10.5 Å². The Kier molecular flexibility index (Phi) is 4.16. The van der Waals surface area contributed by atoms with Crippen molar-refractivity contribution in [1.29, 1.82) is 0 Å². The molecule has 0 unspecified atom stereocenters. The normalized spacial score (nSPS) is 12.1. The molecule has 1 aromatic carbocycles. The van der Waals surface area contributed by atoms with Gasteiger partial charge >= 0.3 is 0 Å². The molecule has 0 fully saturated rings. The number of rotatable bonds is 5. The summed E-state index contributed by atoms with van der Waals surface area (Å²) in [5.41, 5.74) is 6.12. The van der Waals surface area contributed by atoms with Crippen LogP contribution < -0.4 is 10.5 Å². The number of ether oxygens (including phenoxy) is 1. The fourth-order valence-corrected chi connectivity index (χ4v) is 1.10. The summed E-state index contributed by atoms with van der Waals surface area (Å²) in [5.74, 6) is 0.718. The lowest BCUT2D eigenvalue weighted by atomic mass is 10.1. The van der Waals surface area contributed by atoms with Crippen molar-refractivity contribution in [3.05, 3.63) is 42.5 Å². The van der Waals surface area contributed by atoms with Gasteiger partial charge in [0.2, 0.25) is 0 Å². The van der Waals surface area contributed by atoms with Crippen molar-refractivity contribution < 1.29 is 9.84 Å². The summed E-state index contributed by atoms with van der Waals surface area (Å²) in [6.45, 7) is 4.23. The third kappa shape index (κ3) is 2.87. The molecule has 0 spiro atoms. The molecule has 0 amide bonds. The SMILES string of the molecule is C=CCOc1cccc([C@@H](O)CN)c1. The molecule has 0 saturated carbocycles. The Morgan fingerprint density at radius 2 is 2.36 bits per heavy atom. The molecule has 14 heavy (non-hydrogen) atoms. The molecule has 0 radical (unpaired) electrons. The molecule has 0 aromatic heterocycles. The molecule has 1 atom stereocenters. The third-order valence-electron chi connectivity index (χ3n) is 1.83. The second-order valence-corrected chi connectivity index (χ2v) is 2.92. The maximum atomic E-state index is 9.48. The maximum absolute atomic E-state index is 9.48. The van der Waals surface area contributed by atoms with Crippen LogP contribution in [0.15, 0.2) is 36.9 Å². The quantitative estimate of drug-likeness (QED) is 0.692. The molecule has 3 nitrogen and oxygen atoms in total. The number of nitrogens with two attached hydrogens (primary N) is 1. The fourth-order valence-electron chi connectivity index (χ4n) is 1.10. The zero-order chi connectivity index (χ0) is 10.4. The van der Waals surface area contributed by atoms with Crippen molar-refractivity contribution in [3.63, 3.8) is 0 Å². The Morgan fingerprint density at radius 3 is 3.00 bits per heavy atom. The monoisotopic (exact) mass is 193 g/mol. The molecule has 0 saturated heterocycles. The summed E-state index contributed by atoms with van der Waals surface area (Å²) in [5, 5.41) is 9.48. The van der Waals surface area contributed by atoms with Gasteiger partial charge in [-0.15, -0.1) is 0 Å². The molecule has 0 aliphatic rings. The van der Waals surface area contributed by atoms with E-state index in [-0.39, 0.29) is 6.54 Å². The minimum atomic E-state index is -0.623. The molecule has 3 heteroatoms. The smallest absolute Gasteiger partial charge is 0.120 e. The van der Waals surface area contributed by atoms with Crippen LogP contribution in [0.5, 0.6) is 5.75 Å². The average Bonchev–Trinajstić information content (AvgIpc) is 2.25. The van der Waals surface area contributed by atoms with E-state index < -0.39 is 6.10 Å². The lowest BCUT2D eigenvalue weighted by Crippen LogP contribution is -2.11. The van der Waals surface area contributed by atoms with Crippen LogP contribution in [0.25, 0.3) is 0 Å². The summed E-state index contributed by atoms with van der Waals surface area (Å²) in [6, 6.07) is 7.25. The topological polar surface area (TPSA) is 55.5 Å². The lowest BCUT2D eigenvalue weighted by molar-refractivity contribution is 0.186. The maximum Gasteiger partial charge on any atom is 0.120 e. The second kappa shape index (κ2) is 5.42. The van der Waals surface area contributed by atoms with Gasteiger partial charge in [0.1, 0.15) is 12.4 Å². The van der Waals surface area contributed by atoms with Gasteiger partial charge in [0.05, 0.1) is 6.10 Å². The van der Waals surface area contributed by atoms with Gasteiger partial charge < -0.3 is 15.6 Å². The van der Waals surface area contributed by atoms with E-state index in [0.29, 0.717) is 6.61 Å². The van der Waals surface area contributed by atoms with Gasteiger partial charge in [-0.3, -0.25) is 0 Å². The molecular weight excluding hydrogens is 178 g/mol. The van der Waals surface area contributed by atoms with Crippen molar-refractivity contribution in [2.45, 2.75) is 6.10 Å².